The predicted molar refractivity (Wildman–Crippen MR) is 79.9 cm³/mol. The Hall–Kier alpha value is -1.74. The second-order valence-corrected chi connectivity index (χ2v) is 6.16. The minimum atomic E-state index is 0.0835. The largest absolute Gasteiger partial charge is 0.306 e. The van der Waals surface area contributed by atoms with Crippen molar-refractivity contribution in [1.82, 2.24) is 0 Å². The van der Waals surface area contributed by atoms with E-state index < -0.39 is 0 Å². The zero-order chi connectivity index (χ0) is 13.2. The third-order valence-corrected chi connectivity index (χ3v) is 4.34. The first-order valence-corrected chi connectivity index (χ1v) is 7.26. The first-order chi connectivity index (χ1) is 9.25. The highest BCUT2D eigenvalue weighted by Gasteiger charge is 2.27. The van der Waals surface area contributed by atoms with Crippen LogP contribution < -0.4 is 4.90 Å². The summed E-state index contributed by atoms with van der Waals surface area (Å²) in [7, 11) is 0. The Balaban J connectivity index is 1.99. The van der Waals surface area contributed by atoms with E-state index in [0.29, 0.717) is 5.25 Å². The van der Waals surface area contributed by atoms with Gasteiger partial charge in [0.25, 0.3) is 5.91 Å². The van der Waals surface area contributed by atoms with Gasteiger partial charge in [-0.3, -0.25) is 4.79 Å². The van der Waals surface area contributed by atoms with Gasteiger partial charge in [0.05, 0.1) is 5.69 Å². The maximum atomic E-state index is 12.6. The van der Waals surface area contributed by atoms with Crippen LogP contribution in [0.4, 0.5) is 5.69 Å². The number of carbonyl (C=O) groups excluding carboxylic acids is 1. The topological polar surface area (TPSA) is 20.3 Å². The third-order valence-electron chi connectivity index (χ3n) is 3.19. The molecular weight excluding hydrogens is 254 g/mol. The molecule has 1 atom stereocenters. The molecule has 96 valence electrons. The Morgan fingerprint density at radius 3 is 2.58 bits per heavy atom. The highest BCUT2D eigenvalue weighted by atomic mass is 32.2. The smallest absolute Gasteiger partial charge is 0.258 e. The van der Waals surface area contributed by atoms with Crippen LogP contribution in [-0.4, -0.2) is 17.7 Å². The van der Waals surface area contributed by atoms with Crippen molar-refractivity contribution < 1.29 is 4.79 Å². The first kappa shape index (κ1) is 12.3. The second-order valence-electron chi connectivity index (χ2n) is 4.68. The molecule has 0 aromatic heterocycles. The van der Waals surface area contributed by atoms with E-state index in [-0.39, 0.29) is 5.91 Å². The molecule has 1 aliphatic rings. The van der Waals surface area contributed by atoms with Crippen molar-refractivity contribution in [3.8, 4) is 0 Å². The number of benzene rings is 2. The maximum absolute atomic E-state index is 12.6. The molecule has 1 aliphatic heterocycles. The number of rotatable bonds is 1. The van der Waals surface area contributed by atoms with Gasteiger partial charge in [0.1, 0.15) is 0 Å². The van der Waals surface area contributed by atoms with Gasteiger partial charge < -0.3 is 4.90 Å². The number of thioether (sulfide) groups is 1. The number of nitrogens with zero attached hydrogens (tertiary/aromatic N) is 1. The van der Waals surface area contributed by atoms with E-state index in [0.717, 1.165) is 17.8 Å². The number of hydrogen-bond donors (Lipinski definition) is 0. The van der Waals surface area contributed by atoms with E-state index in [1.54, 1.807) is 0 Å². The van der Waals surface area contributed by atoms with Gasteiger partial charge in [-0.05, 0) is 24.3 Å². The van der Waals surface area contributed by atoms with Crippen LogP contribution in [0.25, 0.3) is 0 Å². The van der Waals surface area contributed by atoms with Crippen LogP contribution in [-0.2, 0) is 0 Å². The average Bonchev–Trinajstić information content (AvgIpc) is 2.46. The van der Waals surface area contributed by atoms with Crippen molar-refractivity contribution in [2.45, 2.75) is 17.1 Å². The van der Waals surface area contributed by atoms with Gasteiger partial charge in [0.15, 0.2) is 0 Å². The fourth-order valence-corrected chi connectivity index (χ4v) is 3.43. The van der Waals surface area contributed by atoms with Crippen LogP contribution in [0, 0.1) is 0 Å². The van der Waals surface area contributed by atoms with Gasteiger partial charge in [0, 0.05) is 22.3 Å². The zero-order valence-electron chi connectivity index (χ0n) is 10.7. The number of hydrogen-bond acceptors (Lipinski definition) is 2. The van der Waals surface area contributed by atoms with Crippen molar-refractivity contribution in [3.05, 3.63) is 60.2 Å². The molecule has 0 saturated heterocycles. The van der Waals surface area contributed by atoms with Crippen molar-refractivity contribution in [2.75, 3.05) is 11.4 Å². The van der Waals surface area contributed by atoms with Crippen molar-refractivity contribution in [2.24, 2.45) is 0 Å². The van der Waals surface area contributed by atoms with Crippen molar-refractivity contribution in [3.63, 3.8) is 0 Å². The van der Waals surface area contributed by atoms with Crippen LogP contribution >= 0.6 is 11.8 Å². The molecule has 0 bridgehead atoms. The van der Waals surface area contributed by atoms with Gasteiger partial charge in [-0.1, -0.05) is 37.3 Å². The predicted octanol–water partition coefficient (Wildman–Crippen LogP) is 3.83. The lowest BCUT2D eigenvalue weighted by Gasteiger charge is -2.32. The number of amides is 1. The third kappa shape index (κ3) is 2.38. The molecule has 1 unspecified atom stereocenters. The Labute approximate surface area is 117 Å². The number of anilines is 1. The number of carbonyl (C=O) groups is 1. The van der Waals surface area contributed by atoms with Gasteiger partial charge in [-0.15, -0.1) is 11.8 Å². The number of para-hydroxylation sites is 1. The van der Waals surface area contributed by atoms with E-state index in [1.807, 2.05) is 65.2 Å². The molecule has 2 aromatic rings. The molecule has 0 N–H and O–H groups in total. The van der Waals surface area contributed by atoms with Gasteiger partial charge >= 0.3 is 0 Å². The molecule has 1 heterocycles. The minimum absolute atomic E-state index is 0.0835. The monoisotopic (exact) mass is 269 g/mol. The van der Waals surface area contributed by atoms with Crippen LogP contribution in [0.2, 0.25) is 0 Å². The fourth-order valence-electron chi connectivity index (χ4n) is 2.32. The van der Waals surface area contributed by atoms with Crippen molar-refractivity contribution >= 4 is 23.4 Å². The minimum Gasteiger partial charge on any atom is -0.306 e. The van der Waals surface area contributed by atoms with E-state index in [4.69, 9.17) is 0 Å². The van der Waals surface area contributed by atoms with Gasteiger partial charge in [-0.25, -0.2) is 0 Å². The molecule has 0 aliphatic carbocycles. The van der Waals surface area contributed by atoms with Gasteiger partial charge in [0.2, 0.25) is 0 Å². The van der Waals surface area contributed by atoms with Crippen LogP contribution in [0.3, 0.4) is 0 Å². The molecule has 3 rings (SSSR count). The van der Waals surface area contributed by atoms with E-state index in [2.05, 4.69) is 13.0 Å². The maximum Gasteiger partial charge on any atom is 0.258 e. The van der Waals surface area contributed by atoms with Crippen LogP contribution in [0.5, 0.6) is 0 Å². The molecule has 0 radical (unpaired) electrons. The lowest BCUT2D eigenvalue weighted by Crippen LogP contribution is -2.38. The number of fused-ring (bicyclic) bond motifs is 1. The summed E-state index contributed by atoms with van der Waals surface area (Å²) in [5, 5.41) is 0.419. The molecule has 0 fully saturated rings. The van der Waals surface area contributed by atoms with Crippen LogP contribution in [0.1, 0.15) is 17.3 Å². The molecular formula is C16H15NOS. The molecule has 0 spiro atoms. The lowest BCUT2D eigenvalue weighted by molar-refractivity contribution is 0.0986. The highest BCUT2D eigenvalue weighted by molar-refractivity contribution is 8.00. The van der Waals surface area contributed by atoms with Gasteiger partial charge in [-0.2, -0.15) is 0 Å². The Morgan fingerprint density at radius 2 is 1.79 bits per heavy atom. The molecule has 0 saturated carbocycles. The Bertz CT molecular complexity index is 597. The normalized spacial score (nSPS) is 17.9. The van der Waals surface area contributed by atoms with E-state index in [1.165, 1.54) is 4.90 Å². The fraction of sp³-hybridized carbons (Fsp3) is 0.188. The lowest BCUT2D eigenvalue weighted by atomic mass is 10.1. The standard InChI is InChI=1S/C16H15NOS/c1-12-11-17(14-9-5-6-10-15(14)19-12)16(18)13-7-3-2-4-8-13/h2-10,12H,11H2,1H3. The first-order valence-electron chi connectivity index (χ1n) is 6.38. The summed E-state index contributed by atoms with van der Waals surface area (Å²) >= 11 is 1.83. The SMILES string of the molecule is CC1CN(C(=O)c2ccccc2)c2ccccc2S1. The Morgan fingerprint density at radius 1 is 1.11 bits per heavy atom. The summed E-state index contributed by atoms with van der Waals surface area (Å²) in [4.78, 5) is 15.7. The molecule has 2 nitrogen and oxygen atoms in total. The molecule has 2 aromatic carbocycles. The van der Waals surface area contributed by atoms with Crippen LogP contribution in [0.15, 0.2) is 59.5 Å². The van der Waals surface area contributed by atoms with E-state index >= 15 is 0 Å². The summed E-state index contributed by atoms with van der Waals surface area (Å²) in [6.07, 6.45) is 0. The summed E-state index contributed by atoms with van der Waals surface area (Å²) in [6.45, 7) is 2.92. The Kier molecular flexibility index (Phi) is 3.30. The molecule has 3 heteroatoms. The summed E-state index contributed by atoms with van der Waals surface area (Å²) in [5.41, 5.74) is 1.77. The second kappa shape index (κ2) is 5.10. The molecule has 19 heavy (non-hydrogen) atoms. The quantitative estimate of drug-likeness (QED) is 0.784. The highest BCUT2D eigenvalue weighted by Crippen LogP contribution is 2.38. The average molecular weight is 269 g/mol. The summed E-state index contributed by atoms with van der Waals surface area (Å²) < 4.78 is 0. The molecule has 1 amide bonds. The van der Waals surface area contributed by atoms with Crippen molar-refractivity contribution in [1.29, 1.82) is 0 Å². The summed E-state index contributed by atoms with van der Waals surface area (Å²) in [5.74, 6) is 0.0835. The van der Waals surface area contributed by atoms with E-state index in [9.17, 15) is 4.79 Å². The summed E-state index contributed by atoms with van der Waals surface area (Å²) in [6, 6.07) is 17.6. The zero-order valence-corrected chi connectivity index (χ0v) is 11.6.